The monoisotopic (exact) mass is 408 g/mol. The van der Waals surface area contributed by atoms with Gasteiger partial charge in [0, 0.05) is 29.3 Å². The Morgan fingerprint density at radius 3 is 2.57 bits per heavy atom. The minimum absolute atomic E-state index is 0.551. The number of rotatable bonds is 4. The topological polar surface area (TPSA) is 43.6 Å². The van der Waals surface area contributed by atoms with Gasteiger partial charge < -0.3 is 4.57 Å². The zero-order valence-electron chi connectivity index (χ0n) is 16.3. The van der Waals surface area contributed by atoms with E-state index in [-0.39, 0.29) is 0 Å². The van der Waals surface area contributed by atoms with Gasteiger partial charge in [-0.15, -0.1) is 10.2 Å². The summed E-state index contributed by atoms with van der Waals surface area (Å²) in [6.07, 6.45) is 0. The van der Waals surface area contributed by atoms with Crippen LogP contribution < -0.4 is 0 Å². The van der Waals surface area contributed by atoms with Crippen molar-refractivity contribution < 1.29 is 0 Å². The Balaban J connectivity index is 1.61. The molecule has 4 aromatic rings. The van der Waals surface area contributed by atoms with Crippen LogP contribution in [0.15, 0.2) is 47.6 Å². The highest BCUT2D eigenvalue weighted by Gasteiger charge is 2.14. The minimum atomic E-state index is 0.551. The normalized spacial score (nSPS) is 11.3. The molecule has 4 rings (SSSR count). The molecule has 28 heavy (non-hydrogen) atoms. The number of pyridine rings is 1. The molecule has 0 spiro atoms. The summed E-state index contributed by atoms with van der Waals surface area (Å²) in [5, 5.41) is 11.3. The van der Waals surface area contributed by atoms with Crippen molar-refractivity contribution in [3.05, 3.63) is 69.9 Å². The maximum Gasteiger partial charge on any atom is 0.191 e. The van der Waals surface area contributed by atoms with E-state index in [4.69, 9.17) is 11.6 Å². The lowest BCUT2D eigenvalue weighted by Gasteiger charge is -2.10. The van der Waals surface area contributed by atoms with E-state index in [9.17, 15) is 0 Å². The molecule has 0 atom stereocenters. The highest BCUT2D eigenvalue weighted by atomic mass is 35.5. The van der Waals surface area contributed by atoms with Crippen molar-refractivity contribution in [2.24, 2.45) is 7.05 Å². The fourth-order valence-corrected chi connectivity index (χ4v) is 4.41. The fourth-order valence-electron chi connectivity index (χ4n) is 3.25. The summed E-state index contributed by atoms with van der Waals surface area (Å²) >= 11 is 8.10. The van der Waals surface area contributed by atoms with E-state index in [2.05, 4.69) is 66.3 Å². The zero-order valence-corrected chi connectivity index (χ0v) is 17.9. The largest absolute Gasteiger partial charge is 0.305 e. The Morgan fingerprint density at radius 1 is 1.00 bits per heavy atom. The Labute approximate surface area is 174 Å². The third-order valence-electron chi connectivity index (χ3n) is 5.12. The van der Waals surface area contributed by atoms with E-state index < -0.39 is 0 Å². The first kappa shape index (κ1) is 19.0. The molecular formula is C22H21ClN4S. The molecule has 0 saturated heterocycles. The van der Waals surface area contributed by atoms with Crippen LogP contribution in [0, 0.1) is 20.8 Å². The van der Waals surface area contributed by atoms with E-state index >= 15 is 0 Å². The average Bonchev–Trinajstić information content (AvgIpc) is 3.04. The molecular weight excluding hydrogens is 388 g/mol. The van der Waals surface area contributed by atoms with Gasteiger partial charge in [0.15, 0.2) is 11.0 Å². The summed E-state index contributed by atoms with van der Waals surface area (Å²) in [6, 6.07) is 14.6. The van der Waals surface area contributed by atoms with Crippen LogP contribution in [-0.2, 0) is 12.8 Å². The summed E-state index contributed by atoms with van der Waals surface area (Å²) in [6.45, 7) is 6.26. The van der Waals surface area contributed by atoms with Crippen LogP contribution in [0.2, 0.25) is 5.15 Å². The number of benzene rings is 2. The minimum Gasteiger partial charge on any atom is -0.305 e. The molecule has 6 heteroatoms. The number of thioether (sulfide) groups is 1. The first-order chi connectivity index (χ1) is 13.5. The smallest absolute Gasteiger partial charge is 0.191 e. The molecule has 4 nitrogen and oxygen atoms in total. The highest BCUT2D eigenvalue weighted by Crippen LogP contribution is 2.31. The number of nitrogens with zero attached hydrogens (tertiary/aromatic N) is 4. The van der Waals surface area contributed by atoms with E-state index in [1.807, 2.05) is 23.7 Å². The lowest BCUT2D eigenvalue weighted by molar-refractivity contribution is 0.793. The van der Waals surface area contributed by atoms with Crippen molar-refractivity contribution in [2.45, 2.75) is 31.7 Å². The second kappa shape index (κ2) is 7.57. The van der Waals surface area contributed by atoms with Crippen molar-refractivity contribution >= 4 is 34.3 Å². The average molecular weight is 409 g/mol. The van der Waals surface area contributed by atoms with E-state index in [0.29, 0.717) is 10.9 Å². The predicted molar refractivity (Wildman–Crippen MR) is 117 cm³/mol. The fraction of sp³-hybridized carbons (Fsp3) is 0.227. The Hall–Kier alpha value is -2.37. The Bertz CT molecular complexity index is 1180. The molecule has 0 aliphatic carbocycles. The first-order valence-electron chi connectivity index (χ1n) is 9.09. The van der Waals surface area contributed by atoms with Gasteiger partial charge in [-0.3, -0.25) is 0 Å². The summed E-state index contributed by atoms with van der Waals surface area (Å²) in [5.41, 5.74) is 6.65. The van der Waals surface area contributed by atoms with Gasteiger partial charge in [0.25, 0.3) is 0 Å². The third-order valence-corrected chi connectivity index (χ3v) is 6.51. The van der Waals surface area contributed by atoms with Crippen LogP contribution in [0.1, 0.15) is 22.3 Å². The van der Waals surface area contributed by atoms with Gasteiger partial charge in [0.2, 0.25) is 0 Å². The number of hydrogen-bond acceptors (Lipinski definition) is 4. The number of aryl methyl sites for hydroxylation is 3. The standard InChI is InChI=1S/C22H21ClN4S/c1-13-9-10-16-11-17(20(23)24-19(16)15(13)3)12-28-22-26-25-21(27(22)4)18-8-6-5-7-14(18)2/h5-11H,12H2,1-4H3. The molecule has 0 radical (unpaired) electrons. The van der Waals surface area contributed by atoms with E-state index in [1.165, 1.54) is 16.7 Å². The van der Waals surface area contributed by atoms with Crippen molar-refractivity contribution in [3.8, 4) is 11.4 Å². The molecule has 0 bridgehead atoms. The molecule has 0 aliphatic rings. The molecule has 0 aliphatic heterocycles. The summed E-state index contributed by atoms with van der Waals surface area (Å²) < 4.78 is 2.03. The molecule has 0 saturated carbocycles. The first-order valence-corrected chi connectivity index (χ1v) is 10.5. The van der Waals surface area contributed by atoms with Crippen molar-refractivity contribution in [2.75, 3.05) is 0 Å². The van der Waals surface area contributed by atoms with Gasteiger partial charge in [-0.05, 0) is 43.5 Å². The predicted octanol–water partition coefficient (Wildman–Crippen LogP) is 5.90. The molecule has 142 valence electrons. The highest BCUT2D eigenvalue weighted by molar-refractivity contribution is 7.98. The van der Waals surface area contributed by atoms with Crippen LogP contribution in [0.3, 0.4) is 0 Å². The SMILES string of the molecule is Cc1ccccc1-c1nnc(SCc2cc3ccc(C)c(C)c3nc2Cl)n1C. The molecule has 0 fully saturated rings. The van der Waals surface area contributed by atoms with Crippen LogP contribution in [-0.4, -0.2) is 19.7 Å². The number of halogens is 1. The molecule has 0 unspecified atom stereocenters. The van der Waals surface area contributed by atoms with Gasteiger partial charge in [-0.1, -0.05) is 59.8 Å². The van der Waals surface area contributed by atoms with Crippen molar-refractivity contribution in [1.29, 1.82) is 0 Å². The number of fused-ring (bicyclic) bond motifs is 1. The maximum absolute atomic E-state index is 6.49. The quantitative estimate of drug-likeness (QED) is 0.311. The van der Waals surface area contributed by atoms with Gasteiger partial charge in [0.05, 0.1) is 5.52 Å². The summed E-state index contributed by atoms with van der Waals surface area (Å²) in [4.78, 5) is 4.64. The summed E-state index contributed by atoms with van der Waals surface area (Å²) in [7, 11) is 2.00. The summed E-state index contributed by atoms with van der Waals surface area (Å²) in [5.74, 6) is 1.56. The van der Waals surface area contributed by atoms with Crippen LogP contribution >= 0.6 is 23.4 Å². The zero-order chi connectivity index (χ0) is 19.8. The number of aromatic nitrogens is 4. The molecule has 2 aromatic carbocycles. The van der Waals surface area contributed by atoms with Gasteiger partial charge in [-0.2, -0.15) is 0 Å². The van der Waals surface area contributed by atoms with Crippen LogP contribution in [0.4, 0.5) is 0 Å². The lowest BCUT2D eigenvalue weighted by Crippen LogP contribution is -1.97. The maximum atomic E-state index is 6.49. The van der Waals surface area contributed by atoms with Gasteiger partial charge in [-0.25, -0.2) is 4.98 Å². The second-order valence-electron chi connectivity index (χ2n) is 6.99. The number of hydrogen-bond donors (Lipinski definition) is 0. The van der Waals surface area contributed by atoms with E-state index in [1.54, 1.807) is 11.8 Å². The van der Waals surface area contributed by atoms with Crippen molar-refractivity contribution in [3.63, 3.8) is 0 Å². The molecule has 0 N–H and O–H groups in total. The molecule has 0 amide bonds. The van der Waals surface area contributed by atoms with Crippen LogP contribution in [0.5, 0.6) is 0 Å². The van der Waals surface area contributed by atoms with Gasteiger partial charge in [0.1, 0.15) is 5.15 Å². The second-order valence-corrected chi connectivity index (χ2v) is 8.29. The van der Waals surface area contributed by atoms with Gasteiger partial charge >= 0.3 is 0 Å². The Kier molecular flexibility index (Phi) is 5.13. The van der Waals surface area contributed by atoms with E-state index in [0.717, 1.165) is 33.0 Å². The van der Waals surface area contributed by atoms with Crippen LogP contribution in [0.25, 0.3) is 22.3 Å². The Morgan fingerprint density at radius 2 is 1.79 bits per heavy atom. The van der Waals surface area contributed by atoms with Crippen molar-refractivity contribution in [1.82, 2.24) is 19.7 Å². The molecule has 2 aromatic heterocycles. The molecule has 2 heterocycles. The lowest BCUT2D eigenvalue weighted by atomic mass is 10.0. The third kappa shape index (κ3) is 3.40.